The van der Waals surface area contributed by atoms with Gasteiger partial charge in [-0.05, 0) is 34.8 Å². The Morgan fingerprint density at radius 2 is 2.20 bits per heavy atom. The van der Waals surface area contributed by atoms with Crippen molar-refractivity contribution in [3.05, 3.63) is 21.8 Å². The summed E-state index contributed by atoms with van der Waals surface area (Å²) in [4.78, 5) is 6.54. The van der Waals surface area contributed by atoms with Crippen LogP contribution in [0.2, 0.25) is 5.02 Å². The summed E-state index contributed by atoms with van der Waals surface area (Å²) in [5, 5.41) is 0.701. The van der Waals surface area contributed by atoms with E-state index in [-0.39, 0.29) is 0 Å². The second kappa shape index (κ2) is 5.71. The van der Waals surface area contributed by atoms with Crippen molar-refractivity contribution >= 4 is 33.3 Å². The van der Waals surface area contributed by atoms with Crippen LogP contribution in [0, 0.1) is 5.92 Å². The molecule has 0 aliphatic rings. The predicted octanol–water partition coefficient (Wildman–Crippen LogP) is 3.98. The van der Waals surface area contributed by atoms with Crippen molar-refractivity contribution in [3.8, 4) is 0 Å². The van der Waals surface area contributed by atoms with Crippen molar-refractivity contribution in [2.75, 3.05) is 18.0 Å². The van der Waals surface area contributed by atoms with E-state index >= 15 is 0 Å². The molecule has 4 heteroatoms. The molecule has 0 aliphatic carbocycles. The van der Waals surface area contributed by atoms with Crippen LogP contribution in [0.1, 0.15) is 20.8 Å². The van der Waals surface area contributed by atoms with E-state index < -0.39 is 0 Å². The third kappa shape index (κ3) is 3.65. The molecule has 0 unspecified atom stereocenters. The van der Waals surface area contributed by atoms with Gasteiger partial charge in [0.05, 0.1) is 5.02 Å². The molecule has 1 aromatic rings. The zero-order valence-electron chi connectivity index (χ0n) is 9.30. The number of hydrogen-bond acceptors (Lipinski definition) is 2. The molecular weight excluding hydrogens is 275 g/mol. The van der Waals surface area contributed by atoms with E-state index in [0.717, 1.165) is 23.4 Å². The largest absolute Gasteiger partial charge is 0.355 e. The lowest BCUT2D eigenvalue weighted by Gasteiger charge is -2.24. The fourth-order valence-corrected chi connectivity index (χ4v) is 2.20. The summed E-state index contributed by atoms with van der Waals surface area (Å²) >= 11 is 9.51. The van der Waals surface area contributed by atoms with Crippen molar-refractivity contribution in [3.63, 3.8) is 0 Å². The maximum Gasteiger partial charge on any atom is 0.147 e. The first-order valence-corrected chi connectivity index (χ1v) is 6.27. The van der Waals surface area contributed by atoms with Gasteiger partial charge in [0.2, 0.25) is 0 Å². The van der Waals surface area contributed by atoms with Crippen LogP contribution in [0.3, 0.4) is 0 Å². The zero-order valence-corrected chi connectivity index (χ0v) is 11.6. The summed E-state index contributed by atoms with van der Waals surface area (Å²) in [5.41, 5.74) is 0. The first-order chi connectivity index (χ1) is 7.04. The minimum Gasteiger partial charge on any atom is -0.355 e. The molecule has 0 atom stereocenters. The molecule has 2 nitrogen and oxygen atoms in total. The third-order valence-corrected chi connectivity index (χ3v) is 2.77. The maximum absolute atomic E-state index is 6.15. The van der Waals surface area contributed by atoms with Crippen LogP contribution in [0.25, 0.3) is 0 Å². The Kier molecular flexibility index (Phi) is 4.87. The van der Waals surface area contributed by atoms with Gasteiger partial charge in [0.1, 0.15) is 5.82 Å². The molecule has 1 rings (SSSR count). The summed E-state index contributed by atoms with van der Waals surface area (Å²) in [6.45, 7) is 8.39. The molecule has 15 heavy (non-hydrogen) atoms. The molecule has 0 spiro atoms. The van der Waals surface area contributed by atoms with Crippen LogP contribution < -0.4 is 4.90 Å². The van der Waals surface area contributed by atoms with E-state index in [4.69, 9.17) is 11.6 Å². The number of anilines is 1. The van der Waals surface area contributed by atoms with E-state index in [1.54, 1.807) is 6.20 Å². The number of nitrogens with zero attached hydrogens (tertiary/aromatic N) is 2. The van der Waals surface area contributed by atoms with Crippen molar-refractivity contribution in [1.82, 2.24) is 4.98 Å². The molecule has 0 aliphatic heterocycles. The summed E-state index contributed by atoms with van der Waals surface area (Å²) < 4.78 is 0.914. The van der Waals surface area contributed by atoms with Crippen molar-refractivity contribution in [2.45, 2.75) is 20.8 Å². The quantitative estimate of drug-likeness (QED) is 0.834. The van der Waals surface area contributed by atoms with E-state index in [9.17, 15) is 0 Å². The highest BCUT2D eigenvalue weighted by atomic mass is 79.9. The standard InChI is InChI=1S/C11H16BrClN2/c1-4-15(7-8(2)3)11-10(13)5-9(12)6-14-11/h5-6,8H,4,7H2,1-3H3. The van der Waals surface area contributed by atoms with E-state index in [1.807, 2.05) is 6.07 Å². The Labute approximate surface area is 105 Å². The molecule has 0 bridgehead atoms. The van der Waals surface area contributed by atoms with E-state index in [0.29, 0.717) is 10.9 Å². The number of rotatable bonds is 4. The first kappa shape index (κ1) is 12.8. The summed E-state index contributed by atoms with van der Waals surface area (Å²) in [7, 11) is 0. The van der Waals surface area contributed by atoms with Crippen LogP contribution in [-0.4, -0.2) is 18.1 Å². The maximum atomic E-state index is 6.15. The molecule has 1 heterocycles. The first-order valence-electron chi connectivity index (χ1n) is 5.10. The van der Waals surface area contributed by atoms with Crippen molar-refractivity contribution < 1.29 is 0 Å². The highest BCUT2D eigenvalue weighted by molar-refractivity contribution is 9.10. The fraction of sp³-hybridized carbons (Fsp3) is 0.545. The Balaban J connectivity index is 2.91. The molecule has 1 aromatic heterocycles. The van der Waals surface area contributed by atoms with Gasteiger partial charge < -0.3 is 4.90 Å². The van der Waals surface area contributed by atoms with Gasteiger partial charge in [0, 0.05) is 23.8 Å². The van der Waals surface area contributed by atoms with Gasteiger partial charge in [-0.1, -0.05) is 25.4 Å². The van der Waals surface area contributed by atoms with Crippen molar-refractivity contribution in [1.29, 1.82) is 0 Å². The summed E-state index contributed by atoms with van der Waals surface area (Å²) in [5.74, 6) is 1.47. The Bertz CT molecular complexity index is 328. The van der Waals surface area contributed by atoms with Gasteiger partial charge in [-0.3, -0.25) is 0 Å². The molecule has 0 fully saturated rings. The smallest absolute Gasteiger partial charge is 0.147 e. The van der Waals surface area contributed by atoms with Gasteiger partial charge in [0.15, 0.2) is 0 Å². The Hall–Kier alpha value is -0.280. The van der Waals surface area contributed by atoms with Gasteiger partial charge in [0.25, 0.3) is 0 Å². The number of aromatic nitrogens is 1. The second-order valence-electron chi connectivity index (χ2n) is 3.89. The lowest BCUT2D eigenvalue weighted by Crippen LogP contribution is -2.28. The van der Waals surface area contributed by atoms with Gasteiger partial charge >= 0.3 is 0 Å². The van der Waals surface area contributed by atoms with E-state index in [1.165, 1.54) is 0 Å². The van der Waals surface area contributed by atoms with Crippen LogP contribution >= 0.6 is 27.5 Å². The normalized spacial score (nSPS) is 10.8. The molecular formula is C11H16BrClN2. The molecule has 0 N–H and O–H groups in total. The monoisotopic (exact) mass is 290 g/mol. The van der Waals surface area contributed by atoms with Gasteiger partial charge in [-0.2, -0.15) is 0 Å². The number of halogens is 2. The van der Waals surface area contributed by atoms with Gasteiger partial charge in [-0.25, -0.2) is 4.98 Å². The molecule has 0 saturated carbocycles. The molecule has 0 aromatic carbocycles. The highest BCUT2D eigenvalue weighted by Gasteiger charge is 2.11. The Morgan fingerprint density at radius 1 is 1.53 bits per heavy atom. The summed E-state index contributed by atoms with van der Waals surface area (Å²) in [6, 6.07) is 1.88. The third-order valence-electron chi connectivity index (χ3n) is 2.06. The average molecular weight is 292 g/mol. The van der Waals surface area contributed by atoms with Crippen LogP contribution in [0.5, 0.6) is 0 Å². The molecule has 0 saturated heterocycles. The zero-order chi connectivity index (χ0) is 11.4. The van der Waals surface area contributed by atoms with Crippen molar-refractivity contribution in [2.24, 2.45) is 5.92 Å². The lowest BCUT2D eigenvalue weighted by molar-refractivity contribution is 0.614. The number of pyridine rings is 1. The fourth-order valence-electron chi connectivity index (χ4n) is 1.45. The summed E-state index contributed by atoms with van der Waals surface area (Å²) in [6.07, 6.45) is 1.78. The Morgan fingerprint density at radius 3 is 2.67 bits per heavy atom. The number of hydrogen-bond donors (Lipinski definition) is 0. The molecule has 84 valence electrons. The van der Waals surface area contributed by atoms with Crippen LogP contribution in [0.15, 0.2) is 16.7 Å². The minimum absolute atomic E-state index is 0.603. The van der Waals surface area contributed by atoms with Crippen LogP contribution in [0.4, 0.5) is 5.82 Å². The minimum atomic E-state index is 0.603. The SMILES string of the molecule is CCN(CC(C)C)c1ncc(Br)cc1Cl. The average Bonchev–Trinajstić information content (AvgIpc) is 2.14. The molecule has 0 radical (unpaired) electrons. The van der Waals surface area contributed by atoms with Gasteiger partial charge in [-0.15, -0.1) is 0 Å². The lowest BCUT2D eigenvalue weighted by atomic mass is 10.2. The topological polar surface area (TPSA) is 16.1 Å². The second-order valence-corrected chi connectivity index (χ2v) is 5.21. The molecule has 0 amide bonds. The highest BCUT2D eigenvalue weighted by Crippen LogP contribution is 2.26. The van der Waals surface area contributed by atoms with E-state index in [2.05, 4.69) is 46.6 Å². The van der Waals surface area contributed by atoms with Crippen LogP contribution in [-0.2, 0) is 0 Å². The predicted molar refractivity (Wildman–Crippen MR) is 69.7 cm³/mol.